The number of aromatic hydroxyl groups is 1. The van der Waals surface area contributed by atoms with Crippen molar-refractivity contribution in [3.05, 3.63) is 72.4 Å². The normalized spacial score (nSPS) is 11.3. The number of hydrogen-bond acceptors (Lipinski definition) is 5. The summed E-state index contributed by atoms with van der Waals surface area (Å²) in [4.78, 5) is 4.72. The van der Waals surface area contributed by atoms with Crippen molar-refractivity contribution in [2.75, 3.05) is 7.11 Å². The summed E-state index contributed by atoms with van der Waals surface area (Å²) < 4.78 is 7.13. The van der Waals surface area contributed by atoms with E-state index >= 15 is 0 Å². The van der Waals surface area contributed by atoms with Crippen LogP contribution in [0, 0.1) is 6.92 Å². The first-order chi connectivity index (χ1) is 13.2. The van der Waals surface area contributed by atoms with Gasteiger partial charge in [-0.3, -0.25) is 4.40 Å². The van der Waals surface area contributed by atoms with Crippen LogP contribution in [0.1, 0.15) is 5.56 Å². The Balaban J connectivity index is 1.88. The van der Waals surface area contributed by atoms with Gasteiger partial charge < -0.3 is 9.84 Å². The van der Waals surface area contributed by atoms with Crippen LogP contribution in [0.4, 0.5) is 11.5 Å². The number of methoxy groups -OCH3 is 1. The van der Waals surface area contributed by atoms with Crippen LogP contribution >= 0.6 is 0 Å². The number of pyridine rings is 1. The van der Waals surface area contributed by atoms with E-state index in [1.807, 2.05) is 53.9 Å². The number of rotatable bonds is 4. The Kier molecular flexibility index (Phi) is 4.30. The van der Waals surface area contributed by atoms with Gasteiger partial charge in [-0.1, -0.05) is 18.2 Å². The molecule has 6 nitrogen and oxygen atoms in total. The molecule has 0 unspecified atom stereocenters. The fourth-order valence-electron chi connectivity index (χ4n) is 2.83. The molecule has 4 aromatic rings. The first-order valence-electron chi connectivity index (χ1n) is 8.48. The van der Waals surface area contributed by atoms with Crippen LogP contribution in [0.3, 0.4) is 0 Å². The molecule has 0 aliphatic carbocycles. The van der Waals surface area contributed by atoms with E-state index in [-0.39, 0.29) is 5.75 Å². The maximum atomic E-state index is 9.95. The molecule has 0 bridgehead atoms. The second kappa shape index (κ2) is 6.92. The minimum atomic E-state index is 0.0808. The molecule has 2 aromatic carbocycles. The third kappa shape index (κ3) is 3.25. The highest BCUT2D eigenvalue weighted by molar-refractivity contribution is 5.75. The first-order valence-corrected chi connectivity index (χ1v) is 8.48. The lowest BCUT2D eigenvalue weighted by Gasteiger charge is -2.03. The van der Waals surface area contributed by atoms with E-state index in [1.54, 1.807) is 31.4 Å². The topological polar surface area (TPSA) is 71.5 Å². The number of phenols is 1. The summed E-state index contributed by atoms with van der Waals surface area (Å²) in [6.45, 7) is 2.01. The van der Waals surface area contributed by atoms with Crippen molar-refractivity contribution in [3.63, 3.8) is 0 Å². The van der Waals surface area contributed by atoms with Gasteiger partial charge in [-0.15, -0.1) is 10.2 Å². The van der Waals surface area contributed by atoms with E-state index in [2.05, 4.69) is 10.2 Å². The second-order valence-corrected chi connectivity index (χ2v) is 6.14. The molecule has 0 amide bonds. The molecule has 0 radical (unpaired) electrons. The lowest BCUT2D eigenvalue weighted by molar-refractivity contribution is 0.415. The number of benzene rings is 2. The molecule has 0 aliphatic heterocycles. The molecule has 0 spiro atoms. The van der Waals surface area contributed by atoms with E-state index in [4.69, 9.17) is 9.72 Å². The minimum Gasteiger partial charge on any atom is -0.506 e. The summed E-state index contributed by atoms with van der Waals surface area (Å²) in [6.07, 6.45) is 1.97. The monoisotopic (exact) mass is 358 g/mol. The summed E-state index contributed by atoms with van der Waals surface area (Å²) in [6, 6.07) is 18.4. The quantitative estimate of drug-likeness (QED) is 0.494. The molecule has 2 heterocycles. The molecule has 0 atom stereocenters. The van der Waals surface area contributed by atoms with Gasteiger partial charge in [-0.05, 0) is 55.0 Å². The molecular formula is C21H18N4O2. The lowest BCUT2D eigenvalue weighted by Crippen LogP contribution is -1.85. The number of aromatic nitrogens is 2. The van der Waals surface area contributed by atoms with Crippen molar-refractivity contribution in [3.8, 4) is 22.8 Å². The van der Waals surface area contributed by atoms with Crippen LogP contribution in [-0.2, 0) is 0 Å². The fourth-order valence-corrected chi connectivity index (χ4v) is 2.83. The molecule has 2 aromatic heterocycles. The molecule has 0 fully saturated rings. The van der Waals surface area contributed by atoms with E-state index in [1.165, 1.54) is 0 Å². The van der Waals surface area contributed by atoms with Crippen LogP contribution in [-0.4, -0.2) is 21.6 Å². The molecule has 27 heavy (non-hydrogen) atoms. The highest BCUT2D eigenvalue weighted by Gasteiger charge is 2.14. The maximum absolute atomic E-state index is 9.95. The molecule has 134 valence electrons. The number of hydrogen-bond donors (Lipinski definition) is 1. The molecule has 0 saturated heterocycles. The number of aryl methyl sites for hydroxylation is 1. The van der Waals surface area contributed by atoms with Gasteiger partial charge >= 0.3 is 0 Å². The maximum Gasteiger partial charge on any atom is 0.187 e. The van der Waals surface area contributed by atoms with Gasteiger partial charge in [0.2, 0.25) is 0 Å². The SMILES string of the molecule is COc1ccc(-c2nc3ccc(C)cn3c2N=Nc2ccccc2O)cc1. The molecule has 4 rings (SSSR count). The van der Waals surface area contributed by atoms with Crippen molar-refractivity contribution in [2.45, 2.75) is 6.92 Å². The van der Waals surface area contributed by atoms with Crippen LogP contribution in [0.25, 0.3) is 16.9 Å². The van der Waals surface area contributed by atoms with Gasteiger partial charge in [0.05, 0.1) is 7.11 Å². The predicted molar refractivity (Wildman–Crippen MR) is 104 cm³/mol. The van der Waals surface area contributed by atoms with Gasteiger partial charge in [0.1, 0.15) is 28.5 Å². The highest BCUT2D eigenvalue weighted by atomic mass is 16.5. The fraction of sp³-hybridized carbons (Fsp3) is 0.0952. The molecule has 1 N–H and O–H groups in total. The summed E-state index contributed by atoms with van der Waals surface area (Å²) in [5.41, 5.74) is 3.88. The van der Waals surface area contributed by atoms with Crippen LogP contribution in [0.15, 0.2) is 77.1 Å². The predicted octanol–water partition coefficient (Wildman–Crippen LogP) is 5.44. The van der Waals surface area contributed by atoms with Crippen LogP contribution in [0.2, 0.25) is 0 Å². The number of para-hydroxylation sites is 1. The van der Waals surface area contributed by atoms with E-state index in [0.29, 0.717) is 17.2 Å². The molecular weight excluding hydrogens is 340 g/mol. The van der Waals surface area contributed by atoms with Gasteiger partial charge in [0, 0.05) is 11.8 Å². The van der Waals surface area contributed by atoms with E-state index in [9.17, 15) is 5.11 Å². The summed E-state index contributed by atoms with van der Waals surface area (Å²) in [7, 11) is 1.63. The first kappa shape index (κ1) is 16.8. The van der Waals surface area contributed by atoms with Crippen molar-refractivity contribution in [2.24, 2.45) is 10.2 Å². The van der Waals surface area contributed by atoms with E-state index in [0.717, 1.165) is 22.5 Å². The van der Waals surface area contributed by atoms with Crippen molar-refractivity contribution < 1.29 is 9.84 Å². The van der Waals surface area contributed by atoms with Crippen LogP contribution in [0.5, 0.6) is 11.5 Å². The third-order valence-corrected chi connectivity index (χ3v) is 4.24. The minimum absolute atomic E-state index is 0.0808. The zero-order valence-corrected chi connectivity index (χ0v) is 15.0. The number of imidazole rings is 1. The van der Waals surface area contributed by atoms with Gasteiger partial charge in [-0.2, -0.15) is 0 Å². The average molecular weight is 358 g/mol. The smallest absolute Gasteiger partial charge is 0.187 e. The number of fused-ring (bicyclic) bond motifs is 1. The molecule has 0 saturated carbocycles. The zero-order chi connectivity index (χ0) is 18.8. The van der Waals surface area contributed by atoms with Crippen molar-refractivity contribution in [1.29, 1.82) is 0 Å². The number of ether oxygens (including phenoxy) is 1. The van der Waals surface area contributed by atoms with Crippen molar-refractivity contribution >= 4 is 17.2 Å². The number of azo groups is 1. The highest BCUT2D eigenvalue weighted by Crippen LogP contribution is 2.34. The van der Waals surface area contributed by atoms with Crippen LogP contribution < -0.4 is 4.74 Å². The van der Waals surface area contributed by atoms with Gasteiger partial charge in [0.15, 0.2) is 5.82 Å². The van der Waals surface area contributed by atoms with Gasteiger partial charge in [-0.25, -0.2) is 4.98 Å². The molecule has 6 heteroatoms. The van der Waals surface area contributed by atoms with Gasteiger partial charge in [0.25, 0.3) is 0 Å². The Labute approximate surface area is 156 Å². The van der Waals surface area contributed by atoms with Crippen molar-refractivity contribution in [1.82, 2.24) is 9.38 Å². The average Bonchev–Trinajstić information content (AvgIpc) is 3.05. The Morgan fingerprint density at radius 2 is 1.74 bits per heavy atom. The Morgan fingerprint density at radius 1 is 0.963 bits per heavy atom. The summed E-state index contributed by atoms with van der Waals surface area (Å²) >= 11 is 0. The second-order valence-electron chi connectivity index (χ2n) is 6.14. The Bertz CT molecular complexity index is 1130. The number of phenolic OH excluding ortho intramolecular Hbond substituents is 1. The van der Waals surface area contributed by atoms with E-state index < -0.39 is 0 Å². The lowest BCUT2D eigenvalue weighted by atomic mass is 10.1. The largest absolute Gasteiger partial charge is 0.506 e. The zero-order valence-electron chi connectivity index (χ0n) is 15.0. The molecule has 0 aliphatic rings. The Hall–Kier alpha value is -3.67. The Morgan fingerprint density at radius 3 is 2.48 bits per heavy atom. The third-order valence-electron chi connectivity index (χ3n) is 4.24. The summed E-state index contributed by atoms with van der Waals surface area (Å²) in [5, 5.41) is 18.6. The standard InChI is InChI=1S/C21H18N4O2/c1-14-7-12-19-22-20(15-8-10-16(27-2)11-9-15)21(25(19)13-14)24-23-17-5-3-4-6-18(17)26/h3-13,26H,1-2H3. The summed E-state index contributed by atoms with van der Waals surface area (Å²) in [5.74, 6) is 1.45. The number of nitrogens with zero attached hydrogens (tertiary/aromatic N) is 4.